The lowest BCUT2D eigenvalue weighted by molar-refractivity contribution is 0.0953. The summed E-state index contributed by atoms with van der Waals surface area (Å²) >= 11 is 8.65. The number of benzene rings is 2. The molecule has 2 aromatic carbocycles. The fraction of sp³-hybridized carbons (Fsp3) is 0.154. The average Bonchev–Trinajstić information content (AvgIpc) is 3.56. The molecule has 0 unspecified atom stereocenters. The maximum Gasteiger partial charge on any atom is 0.252 e. The predicted molar refractivity (Wildman–Crippen MR) is 141 cm³/mol. The lowest BCUT2D eigenvalue weighted by Gasteiger charge is -2.03. The van der Waals surface area contributed by atoms with Crippen molar-refractivity contribution >= 4 is 45.4 Å². The number of halogens is 1. The van der Waals surface area contributed by atoms with Gasteiger partial charge >= 0.3 is 0 Å². The summed E-state index contributed by atoms with van der Waals surface area (Å²) in [6.45, 7) is 1.45. The molecule has 2 heterocycles. The fourth-order valence-electron chi connectivity index (χ4n) is 2.61. The van der Waals surface area contributed by atoms with Gasteiger partial charge in [0.1, 0.15) is 0 Å². The van der Waals surface area contributed by atoms with Crippen molar-refractivity contribution in [3.8, 4) is 0 Å². The second kappa shape index (κ2) is 15.9. The van der Waals surface area contributed by atoms with Crippen LogP contribution in [-0.2, 0) is 12.8 Å². The number of hydrogen-bond acceptors (Lipinski definition) is 5. The van der Waals surface area contributed by atoms with Gasteiger partial charge in [-0.2, -0.15) is 0 Å². The molecule has 7 heteroatoms. The van der Waals surface area contributed by atoms with E-state index in [0.29, 0.717) is 17.7 Å². The van der Waals surface area contributed by atoms with Crippen LogP contribution >= 0.6 is 34.3 Å². The normalized spacial score (nSPS) is 9.64. The number of rotatable bonds is 7. The summed E-state index contributed by atoms with van der Waals surface area (Å²) in [4.78, 5) is 24.8. The van der Waals surface area contributed by atoms with Gasteiger partial charge in [-0.1, -0.05) is 60.7 Å². The van der Waals surface area contributed by atoms with E-state index >= 15 is 0 Å². The van der Waals surface area contributed by atoms with Gasteiger partial charge in [-0.15, -0.1) is 22.7 Å². The molecule has 0 fully saturated rings. The van der Waals surface area contributed by atoms with Gasteiger partial charge in [0.05, 0.1) is 0 Å². The van der Waals surface area contributed by atoms with Crippen LogP contribution in [0.5, 0.6) is 0 Å². The van der Waals surface area contributed by atoms with Gasteiger partial charge in [0.25, 0.3) is 11.1 Å². The van der Waals surface area contributed by atoms with Crippen molar-refractivity contribution in [3.63, 3.8) is 0 Å². The Bertz CT molecular complexity index is 1040. The average molecular weight is 499 g/mol. The maximum absolute atomic E-state index is 11.7. The Morgan fingerprint density at radius 3 is 1.67 bits per heavy atom. The Hall–Kier alpha value is -2.77. The number of carbonyl (C=O) groups is 2. The molecule has 1 amide bonds. The van der Waals surface area contributed by atoms with E-state index in [2.05, 4.69) is 28.9 Å². The Labute approximate surface area is 208 Å². The number of nitrogens with one attached hydrogen (secondary N) is 1. The number of thiophene rings is 2. The summed E-state index contributed by atoms with van der Waals surface area (Å²) < 4.78 is 0. The van der Waals surface area contributed by atoms with Gasteiger partial charge in [0.2, 0.25) is 0 Å². The second-order valence-electron chi connectivity index (χ2n) is 6.71. The minimum absolute atomic E-state index is 0.00263. The molecule has 4 aromatic rings. The molecule has 172 valence electrons. The van der Waals surface area contributed by atoms with Gasteiger partial charge in [0.15, 0.2) is 0 Å². The molecule has 33 heavy (non-hydrogen) atoms. The summed E-state index contributed by atoms with van der Waals surface area (Å²) in [6.07, 6.45) is 1.92. The van der Waals surface area contributed by atoms with E-state index in [9.17, 15) is 9.59 Å². The van der Waals surface area contributed by atoms with Crippen LogP contribution in [0.2, 0.25) is 0 Å². The molecule has 4 rings (SSSR count). The van der Waals surface area contributed by atoms with Crippen molar-refractivity contribution in [2.75, 3.05) is 13.1 Å². The van der Waals surface area contributed by atoms with Crippen molar-refractivity contribution < 1.29 is 9.59 Å². The first-order valence-corrected chi connectivity index (χ1v) is 12.6. The standard InChI is InChI=1S/C13H13NOS.C7H5ClO.C6H9NS/c15-13(11-5-2-1-3-6-11)14-9-8-12-7-4-10-16-12;8-7(9)6-4-2-1-3-5-6;7-4-3-6-2-1-5-8-6/h1-7,10H,8-9H2,(H,14,15);1-5H;1-2,5H,3-4,7H2. The summed E-state index contributed by atoms with van der Waals surface area (Å²) in [7, 11) is 0. The van der Waals surface area contributed by atoms with Crippen LogP contribution < -0.4 is 11.1 Å². The number of hydrogen-bond donors (Lipinski definition) is 2. The van der Waals surface area contributed by atoms with E-state index in [1.54, 1.807) is 46.9 Å². The second-order valence-corrected chi connectivity index (χ2v) is 9.12. The van der Waals surface area contributed by atoms with Crippen LogP contribution in [-0.4, -0.2) is 24.2 Å². The molecule has 0 radical (unpaired) electrons. The first-order valence-electron chi connectivity index (χ1n) is 10.4. The Balaban J connectivity index is 0.000000192. The molecular formula is C26H27ClN2O2S2. The topological polar surface area (TPSA) is 72.2 Å². The molecule has 0 aliphatic rings. The maximum atomic E-state index is 11.7. The predicted octanol–water partition coefficient (Wildman–Crippen LogP) is 6.04. The highest BCUT2D eigenvalue weighted by molar-refractivity contribution is 7.10. The van der Waals surface area contributed by atoms with Crippen molar-refractivity contribution in [1.82, 2.24) is 5.32 Å². The number of amides is 1. The molecule has 2 aromatic heterocycles. The molecule has 0 bridgehead atoms. The highest BCUT2D eigenvalue weighted by Crippen LogP contribution is 2.08. The number of nitrogens with two attached hydrogens (primary N) is 1. The molecular weight excluding hydrogens is 472 g/mol. The zero-order chi connectivity index (χ0) is 23.7. The zero-order valence-corrected chi connectivity index (χ0v) is 20.5. The van der Waals surface area contributed by atoms with E-state index in [1.807, 2.05) is 47.8 Å². The zero-order valence-electron chi connectivity index (χ0n) is 18.2. The van der Waals surface area contributed by atoms with Gasteiger partial charge in [-0.25, -0.2) is 0 Å². The summed E-state index contributed by atoms with van der Waals surface area (Å²) in [5.41, 5.74) is 6.58. The molecule has 0 aliphatic heterocycles. The largest absolute Gasteiger partial charge is 0.352 e. The van der Waals surface area contributed by atoms with Gasteiger partial charge in [-0.3, -0.25) is 9.59 Å². The molecule has 0 aliphatic carbocycles. The van der Waals surface area contributed by atoms with E-state index in [4.69, 9.17) is 17.3 Å². The van der Waals surface area contributed by atoms with E-state index in [1.165, 1.54) is 9.75 Å². The third kappa shape index (κ3) is 11.1. The summed E-state index contributed by atoms with van der Waals surface area (Å²) in [6, 6.07) is 26.3. The Morgan fingerprint density at radius 2 is 1.24 bits per heavy atom. The quantitative estimate of drug-likeness (QED) is 0.305. The van der Waals surface area contributed by atoms with E-state index in [-0.39, 0.29) is 5.91 Å². The molecule has 0 spiro atoms. The van der Waals surface area contributed by atoms with Crippen LogP contribution in [0, 0.1) is 0 Å². The minimum atomic E-state index is -0.407. The van der Waals surface area contributed by atoms with Gasteiger partial charge in [0, 0.05) is 27.4 Å². The van der Waals surface area contributed by atoms with Crippen LogP contribution in [0.25, 0.3) is 0 Å². The van der Waals surface area contributed by atoms with Crippen molar-refractivity contribution in [2.45, 2.75) is 12.8 Å². The minimum Gasteiger partial charge on any atom is -0.352 e. The third-order valence-corrected chi connectivity index (χ3v) is 6.34. The Kier molecular flexibility index (Phi) is 12.8. The summed E-state index contributed by atoms with van der Waals surface area (Å²) in [5.74, 6) is -0.00263. The van der Waals surface area contributed by atoms with Crippen LogP contribution in [0.1, 0.15) is 30.5 Å². The molecule has 0 atom stereocenters. The Morgan fingerprint density at radius 1 is 0.727 bits per heavy atom. The third-order valence-electron chi connectivity index (χ3n) is 4.24. The molecule has 3 N–H and O–H groups in total. The smallest absolute Gasteiger partial charge is 0.252 e. The van der Waals surface area contributed by atoms with E-state index < -0.39 is 5.24 Å². The van der Waals surface area contributed by atoms with Crippen LogP contribution in [0.15, 0.2) is 95.7 Å². The van der Waals surface area contributed by atoms with Crippen molar-refractivity contribution in [2.24, 2.45) is 5.73 Å². The molecule has 4 nitrogen and oxygen atoms in total. The highest BCUT2D eigenvalue weighted by Gasteiger charge is 2.03. The number of carbonyl (C=O) groups excluding carboxylic acids is 2. The molecule has 0 saturated carbocycles. The first-order chi connectivity index (χ1) is 16.1. The highest BCUT2D eigenvalue weighted by atomic mass is 35.5. The fourth-order valence-corrected chi connectivity index (χ4v) is 4.17. The van der Waals surface area contributed by atoms with Gasteiger partial charge < -0.3 is 11.1 Å². The van der Waals surface area contributed by atoms with Crippen molar-refractivity contribution in [3.05, 3.63) is 117 Å². The van der Waals surface area contributed by atoms with Crippen LogP contribution in [0.4, 0.5) is 0 Å². The monoisotopic (exact) mass is 498 g/mol. The SMILES string of the molecule is NCCc1cccs1.O=C(Cl)c1ccccc1.O=C(NCCc1cccs1)c1ccccc1. The molecule has 0 saturated heterocycles. The lowest BCUT2D eigenvalue weighted by atomic mass is 10.2. The lowest BCUT2D eigenvalue weighted by Crippen LogP contribution is -2.25. The van der Waals surface area contributed by atoms with Gasteiger partial charge in [-0.05, 0) is 66.0 Å². The summed E-state index contributed by atoms with van der Waals surface area (Å²) in [5, 5.41) is 6.62. The first kappa shape index (κ1) is 26.5. The van der Waals surface area contributed by atoms with Crippen molar-refractivity contribution in [1.29, 1.82) is 0 Å². The van der Waals surface area contributed by atoms with E-state index in [0.717, 1.165) is 19.4 Å². The van der Waals surface area contributed by atoms with Crippen LogP contribution in [0.3, 0.4) is 0 Å².